The minimum Gasteiger partial charge on any atom is -0.478 e. The lowest BCUT2D eigenvalue weighted by Gasteiger charge is -1.92. The van der Waals surface area contributed by atoms with Gasteiger partial charge >= 0.3 is 5.97 Å². The van der Waals surface area contributed by atoms with Crippen molar-refractivity contribution in [1.82, 2.24) is 9.97 Å². The number of nitrogens with one attached hydrogen (secondary N) is 1. The third-order valence-corrected chi connectivity index (χ3v) is 3.52. The third-order valence-electron chi connectivity index (χ3n) is 2.62. The van der Waals surface area contributed by atoms with E-state index in [1.54, 1.807) is 0 Å². The van der Waals surface area contributed by atoms with Crippen molar-refractivity contribution < 1.29 is 14.3 Å². The molecule has 0 fully saturated rings. The van der Waals surface area contributed by atoms with Crippen LogP contribution in [-0.2, 0) is 5.75 Å². The van der Waals surface area contributed by atoms with E-state index in [2.05, 4.69) is 9.97 Å². The van der Waals surface area contributed by atoms with E-state index in [9.17, 15) is 4.79 Å². The number of rotatable bonds is 4. The summed E-state index contributed by atoms with van der Waals surface area (Å²) >= 11 is 1.47. The van der Waals surface area contributed by atoms with E-state index in [1.165, 1.54) is 24.1 Å². The zero-order valence-corrected chi connectivity index (χ0v) is 10.6. The quantitative estimate of drug-likeness (QED) is 0.714. The van der Waals surface area contributed by atoms with Crippen molar-refractivity contribution in [2.75, 3.05) is 0 Å². The van der Waals surface area contributed by atoms with E-state index in [-0.39, 0.29) is 5.56 Å². The lowest BCUT2D eigenvalue weighted by Crippen LogP contribution is -1.91. The average Bonchev–Trinajstić information content (AvgIpc) is 3.02. The molecule has 0 radical (unpaired) electrons. The molecule has 0 amide bonds. The Morgan fingerprint density at radius 1 is 1.42 bits per heavy atom. The van der Waals surface area contributed by atoms with Crippen LogP contribution in [0.1, 0.15) is 16.1 Å². The molecule has 19 heavy (non-hydrogen) atoms. The third kappa shape index (κ3) is 2.48. The molecule has 1 aromatic carbocycles. The Balaban J connectivity index is 1.72. The minimum atomic E-state index is -0.983. The van der Waals surface area contributed by atoms with Gasteiger partial charge in [0.2, 0.25) is 0 Å². The number of thioether (sulfide) groups is 1. The van der Waals surface area contributed by atoms with Crippen LogP contribution in [0.2, 0.25) is 0 Å². The van der Waals surface area contributed by atoms with Crippen molar-refractivity contribution in [3.63, 3.8) is 0 Å². The van der Waals surface area contributed by atoms with E-state index in [0.717, 1.165) is 16.2 Å². The van der Waals surface area contributed by atoms with Crippen LogP contribution < -0.4 is 0 Å². The lowest BCUT2D eigenvalue weighted by atomic mass is 10.3. The van der Waals surface area contributed by atoms with Crippen LogP contribution >= 0.6 is 11.8 Å². The molecule has 2 heterocycles. The molecule has 2 aromatic heterocycles. The van der Waals surface area contributed by atoms with Crippen LogP contribution in [-0.4, -0.2) is 21.0 Å². The second kappa shape index (κ2) is 4.81. The van der Waals surface area contributed by atoms with Gasteiger partial charge in [-0.25, -0.2) is 9.78 Å². The van der Waals surface area contributed by atoms with Gasteiger partial charge in [-0.1, -0.05) is 23.9 Å². The molecule has 0 unspecified atom stereocenters. The number of aromatic carboxylic acids is 1. The molecular weight excluding hydrogens is 264 g/mol. The summed E-state index contributed by atoms with van der Waals surface area (Å²) in [5, 5.41) is 9.58. The van der Waals surface area contributed by atoms with E-state index >= 15 is 0 Å². The summed E-state index contributed by atoms with van der Waals surface area (Å²) in [5.74, 6) is 0.166. The van der Waals surface area contributed by atoms with Gasteiger partial charge in [-0.3, -0.25) is 0 Å². The summed E-state index contributed by atoms with van der Waals surface area (Å²) in [6.07, 6.45) is 1.25. The molecule has 0 spiro atoms. The molecule has 0 aliphatic heterocycles. The molecular formula is C13H10N2O3S. The first-order valence-electron chi connectivity index (χ1n) is 5.60. The van der Waals surface area contributed by atoms with E-state index in [0.29, 0.717) is 11.5 Å². The second-order valence-corrected chi connectivity index (χ2v) is 4.92. The largest absolute Gasteiger partial charge is 0.478 e. The summed E-state index contributed by atoms with van der Waals surface area (Å²) in [6.45, 7) is 0. The van der Waals surface area contributed by atoms with E-state index < -0.39 is 5.97 Å². The smallest absolute Gasteiger partial charge is 0.338 e. The molecule has 3 rings (SSSR count). The number of furan rings is 1. The van der Waals surface area contributed by atoms with Gasteiger partial charge in [-0.15, -0.1) is 0 Å². The van der Waals surface area contributed by atoms with Crippen molar-refractivity contribution in [3.8, 4) is 0 Å². The van der Waals surface area contributed by atoms with Crippen molar-refractivity contribution in [1.29, 1.82) is 0 Å². The molecule has 0 saturated carbocycles. The van der Waals surface area contributed by atoms with Gasteiger partial charge in [0.15, 0.2) is 5.16 Å². The molecule has 0 aliphatic rings. The molecule has 0 aliphatic carbocycles. The summed E-state index contributed by atoms with van der Waals surface area (Å²) in [4.78, 5) is 18.3. The fourth-order valence-corrected chi connectivity index (χ4v) is 2.48. The normalized spacial score (nSPS) is 10.9. The van der Waals surface area contributed by atoms with Crippen molar-refractivity contribution >= 4 is 28.8 Å². The highest BCUT2D eigenvalue weighted by Gasteiger charge is 2.09. The van der Waals surface area contributed by atoms with Gasteiger partial charge in [-0.2, -0.15) is 0 Å². The number of carbonyl (C=O) groups is 1. The molecule has 0 saturated heterocycles. The maximum absolute atomic E-state index is 10.7. The summed E-state index contributed by atoms with van der Waals surface area (Å²) in [7, 11) is 0. The van der Waals surface area contributed by atoms with Gasteiger partial charge in [0.05, 0.1) is 22.3 Å². The fourth-order valence-electron chi connectivity index (χ4n) is 1.71. The van der Waals surface area contributed by atoms with E-state index in [1.807, 2.05) is 24.3 Å². The molecule has 96 valence electrons. The molecule has 0 bridgehead atoms. The predicted molar refractivity (Wildman–Crippen MR) is 71.3 cm³/mol. The number of fused-ring (bicyclic) bond motifs is 1. The summed E-state index contributed by atoms with van der Waals surface area (Å²) in [6, 6.07) is 9.30. The highest BCUT2D eigenvalue weighted by atomic mass is 32.2. The van der Waals surface area contributed by atoms with Gasteiger partial charge in [0, 0.05) is 0 Å². The van der Waals surface area contributed by atoms with Crippen molar-refractivity contribution in [2.45, 2.75) is 10.9 Å². The number of benzene rings is 1. The first-order valence-corrected chi connectivity index (χ1v) is 6.59. The predicted octanol–water partition coefficient (Wildman–Crippen LogP) is 3.15. The second-order valence-electron chi connectivity index (χ2n) is 3.95. The number of imidazole rings is 1. The van der Waals surface area contributed by atoms with Gasteiger partial charge in [0.25, 0.3) is 0 Å². The summed E-state index contributed by atoms with van der Waals surface area (Å²) < 4.78 is 5.18. The van der Waals surface area contributed by atoms with Crippen LogP contribution in [0, 0.1) is 0 Å². The zero-order valence-electron chi connectivity index (χ0n) is 9.79. The maximum Gasteiger partial charge on any atom is 0.338 e. The first-order chi connectivity index (χ1) is 9.22. The number of H-pyrrole nitrogens is 1. The van der Waals surface area contributed by atoms with Gasteiger partial charge in [0.1, 0.15) is 12.0 Å². The van der Waals surface area contributed by atoms with Crippen LogP contribution in [0.15, 0.2) is 46.2 Å². The Morgan fingerprint density at radius 2 is 2.26 bits per heavy atom. The van der Waals surface area contributed by atoms with Gasteiger partial charge < -0.3 is 14.5 Å². The number of nitrogens with zero attached hydrogens (tertiary/aromatic N) is 1. The number of hydrogen-bond donors (Lipinski definition) is 2. The van der Waals surface area contributed by atoms with E-state index in [4.69, 9.17) is 9.52 Å². The monoisotopic (exact) mass is 274 g/mol. The molecule has 6 heteroatoms. The highest BCUT2D eigenvalue weighted by Crippen LogP contribution is 2.23. The lowest BCUT2D eigenvalue weighted by molar-refractivity contribution is 0.0696. The maximum atomic E-state index is 10.7. The number of carboxylic acid groups (broad SMARTS) is 1. The number of carboxylic acids is 1. The molecule has 0 atom stereocenters. The molecule has 3 aromatic rings. The van der Waals surface area contributed by atoms with Crippen LogP contribution in [0.3, 0.4) is 0 Å². The number of aromatic nitrogens is 2. The standard InChI is InChI=1S/C13H10N2O3S/c16-12(17)8-5-9(18-6-8)7-19-13-14-10-3-1-2-4-11(10)15-13/h1-6H,7H2,(H,14,15)(H,16,17). The molecule has 2 N–H and O–H groups in total. The van der Waals surface area contributed by atoms with Crippen LogP contribution in [0.5, 0.6) is 0 Å². The topological polar surface area (TPSA) is 79.1 Å². The average molecular weight is 274 g/mol. The minimum absolute atomic E-state index is 0.167. The Hall–Kier alpha value is -2.21. The first kappa shape index (κ1) is 11.9. The zero-order chi connectivity index (χ0) is 13.2. The Labute approximate surface area is 112 Å². The summed E-state index contributed by atoms with van der Waals surface area (Å²) in [5.41, 5.74) is 2.06. The van der Waals surface area contributed by atoms with Crippen molar-refractivity contribution in [2.24, 2.45) is 0 Å². The van der Waals surface area contributed by atoms with Crippen LogP contribution in [0.25, 0.3) is 11.0 Å². The van der Waals surface area contributed by atoms with Crippen molar-refractivity contribution in [3.05, 3.63) is 47.9 Å². The molecule has 5 nitrogen and oxygen atoms in total. The Morgan fingerprint density at radius 3 is 3.00 bits per heavy atom. The number of aromatic amines is 1. The SMILES string of the molecule is O=C(O)c1coc(CSc2nc3ccccc3[nH]2)c1. The van der Waals surface area contributed by atoms with Crippen LogP contribution in [0.4, 0.5) is 0 Å². The number of hydrogen-bond acceptors (Lipinski definition) is 4. The fraction of sp³-hybridized carbons (Fsp3) is 0.0769. The Bertz CT molecular complexity index is 699. The number of para-hydroxylation sites is 2. The Kier molecular flexibility index (Phi) is 3.00. The highest BCUT2D eigenvalue weighted by molar-refractivity contribution is 7.98. The van der Waals surface area contributed by atoms with Gasteiger partial charge in [-0.05, 0) is 18.2 Å².